The fourth-order valence-electron chi connectivity index (χ4n) is 3.83. The monoisotopic (exact) mass is 401 g/mol. The summed E-state index contributed by atoms with van der Waals surface area (Å²) < 4.78 is 7.38. The van der Waals surface area contributed by atoms with Gasteiger partial charge in [-0.3, -0.25) is 9.69 Å². The van der Waals surface area contributed by atoms with Gasteiger partial charge in [0.1, 0.15) is 5.82 Å². The Morgan fingerprint density at radius 1 is 1.28 bits per heavy atom. The van der Waals surface area contributed by atoms with Gasteiger partial charge < -0.3 is 19.7 Å². The van der Waals surface area contributed by atoms with E-state index < -0.39 is 0 Å². The Morgan fingerprint density at radius 2 is 2.07 bits per heavy atom. The van der Waals surface area contributed by atoms with Crippen molar-refractivity contribution in [3.8, 4) is 11.5 Å². The molecule has 2 N–H and O–H groups in total. The van der Waals surface area contributed by atoms with Crippen LogP contribution in [-0.2, 0) is 24.3 Å². The lowest BCUT2D eigenvalue weighted by atomic mass is 10.0. The second-order valence-electron chi connectivity index (χ2n) is 8.04. The number of aromatic nitrogens is 3. The highest BCUT2D eigenvalue weighted by Crippen LogP contribution is 2.27. The SMILES string of the molecule is COc1cc(CN2CCc3nnc([C@@H](CC(C)C)NC(C)=O)n3CC2)ccc1O. The number of phenols is 1. The molecule has 0 bridgehead atoms. The Morgan fingerprint density at radius 3 is 2.76 bits per heavy atom. The lowest BCUT2D eigenvalue weighted by Crippen LogP contribution is -2.31. The molecule has 0 spiro atoms. The maximum atomic E-state index is 11.7. The van der Waals surface area contributed by atoms with E-state index in [0.29, 0.717) is 11.7 Å². The van der Waals surface area contributed by atoms with Crippen LogP contribution in [0.1, 0.15) is 50.4 Å². The third kappa shape index (κ3) is 5.26. The first-order chi connectivity index (χ1) is 13.9. The molecule has 0 saturated heterocycles. The molecule has 1 aromatic heterocycles. The molecule has 1 aliphatic heterocycles. The zero-order valence-electron chi connectivity index (χ0n) is 17.7. The Labute approximate surface area is 171 Å². The van der Waals surface area contributed by atoms with Crippen molar-refractivity contribution in [1.29, 1.82) is 0 Å². The number of rotatable bonds is 7. The molecule has 1 amide bonds. The number of phenolic OH excluding ortho intramolecular Hbond substituents is 1. The summed E-state index contributed by atoms with van der Waals surface area (Å²) in [5, 5.41) is 21.7. The van der Waals surface area contributed by atoms with Crippen molar-refractivity contribution in [2.24, 2.45) is 5.92 Å². The maximum absolute atomic E-state index is 11.7. The van der Waals surface area contributed by atoms with Gasteiger partial charge in [0, 0.05) is 39.5 Å². The summed E-state index contributed by atoms with van der Waals surface area (Å²) in [5.74, 6) is 2.83. The average molecular weight is 402 g/mol. The third-order valence-electron chi connectivity index (χ3n) is 5.19. The first kappa shape index (κ1) is 21.1. The van der Waals surface area contributed by atoms with Gasteiger partial charge in [-0.25, -0.2) is 0 Å². The Bertz CT molecular complexity index is 849. The first-order valence-corrected chi connectivity index (χ1v) is 10.1. The van der Waals surface area contributed by atoms with Crippen molar-refractivity contribution < 1.29 is 14.6 Å². The summed E-state index contributed by atoms with van der Waals surface area (Å²) in [6.07, 6.45) is 1.63. The number of nitrogens with zero attached hydrogens (tertiary/aromatic N) is 4. The summed E-state index contributed by atoms with van der Waals surface area (Å²) in [4.78, 5) is 14.1. The van der Waals surface area contributed by atoms with E-state index in [2.05, 4.69) is 38.8 Å². The van der Waals surface area contributed by atoms with Crippen molar-refractivity contribution >= 4 is 5.91 Å². The molecule has 2 aromatic rings. The lowest BCUT2D eigenvalue weighted by Gasteiger charge is -2.22. The van der Waals surface area contributed by atoms with Gasteiger partial charge in [-0.15, -0.1) is 10.2 Å². The molecular weight excluding hydrogens is 370 g/mol. The Kier molecular flexibility index (Phi) is 6.74. The molecule has 29 heavy (non-hydrogen) atoms. The van der Waals surface area contributed by atoms with Crippen molar-refractivity contribution in [1.82, 2.24) is 25.0 Å². The van der Waals surface area contributed by atoms with Crippen molar-refractivity contribution in [2.45, 2.75) is 52.7 Å². The fourth-order valence-corrected chi connectivity index (χ4v) is 3.83. The normalized spacial score (nSPS) is 15.6. The van der Waals surface area contributed by atoms with Crippen LogP contribution in [-0.4, -0.2) is 50.9 Å². The highest BCUT2D eigenvalue weighted by atomic mass is 16.5. The van der Waals surface area contributed by atoms with E-state index >= 15 is 0 Å². The molecule has 158 valence electrons. The van der Waals surface area contributed by atoms with Crippen LogP contribution in [0.3, 0.4) is 0 Å². The molecule has 1 aromatic carbocycles. The molecule has 8 nitrogen and oxygen atoms in total. The van der Waals surface area contributed by atoms with Crippen LogP contribution in [0.25, 0.3) is 0 Å². The van der Waals surface area contributed by atoms with Crippen LogP contribution in [0.4, 0.5) is 0 Å². The van der Waals surface area contributed by atoms with Gasteiger partial charge in [-0.2, -0.15) is 0 Å². The van der Waals surface area contributed by atoms with Gasteiger partial charge in [0.2, 0.25) is 5.91 Å². The average Bonchev–Trinajstić information content (AvgIpc) is 2.96. The van der Waals surface area contributed by atoms with E-state index in [1.54, 1.807) is 20.1 Å². The van der Waals surface area contributed by atoms with Crippen molar-refractivity contribution in [3.63, 3.8) is 0 Å². The van der Waals surface area contributed by atoms with E-state index in [-0.39, 0.29) is 17.7 Å². The van der Waals surface area contributed by atoms with E-state index in [4.69, 9.17) is 4.74 Å². The smallest absolute Gasteiger partial charge is 0.217 e. The summed E-state index contributed by atoms with van der Waals surface area (Å²) in [5.41, 5.74) is 1.09. The molecule has 0 radical (unpaired) electrons. The highest BCUT2D eigenvalue weighted by Gasteiger charge is 2.25. The maximum Gasteiger partial charge on any atom is 0.217 e. The van der Waals surface area contributed by atoms with Crippen LogP contribution in [0.2, 0.25) is 0 Å². The molecule has 1 aliphatic rings. The summed E-state index contributed by atoms with van der Waals surface area (Å²) in [6, 6.07) is 5.34. The number of carbonyl (C=O) groups excluding carboxylic acids is 1. The number of hydrogen-bond donors (Lipinski definition) is 2. The highest BCUT2D eigenvalue weighted by molar-refractivity contribution is 5.73. The number of benzene rings is 1. The van der Waals surface area contributed by atoms with Crippen LogP contribution in [0.15, 0.2) is 18.2 Å². The fraction of sp³-hybridized carbons (Fsp3) is 0.571. The summed E-state index contributed by atoms with van der Waals surface area (Å²) in [6.45, 7) is 9.10. The van der Waals surface area contributed by atoms with Crippen LogP contribution >= 0.6 is 0 Å². The van der Waals surface area contributed by atoms with Gasteiger partial charge in [-0.1, -0.05) is 19.9 Å². The van der Waals surface area contributed by atoms with Crippen molar-refractivity contribution in [2.75, 3.05) is 20.2 Å². The molecule has 2 heterocycles. The quantitative estimate of drug-likeness (QED) is 0.739. The Hall–Kier alpha value is -2.61. The molecule has 3 rings (SSSR count). The molecule has 0 saturated carbocycles. The predicted molar refractivity (Wildman–Crippen MR) is 110 cm³/mol. The van der Waals surface area contributed by atoms with Crippen LogP contribution in [0.5, 0.6) is 11.5 Å². The zero-order valence-corrected chi connectivity index (χ0v) is 17.7. The minimum absolute atomic E-state index is 0.0514. The number of carbonyl (C=O) groups is 1. The first-order valence-electron chi connectivity index (χ1n) is 10.1. The molecule has 0 fully saturated rings. The van der Waals surface area contributed by atoms with Gasteiger partial charge >= 0.3 is 0 Å². The van der Waals surface area contributed by atoms with Gasteiger partial charge in [-0.05, 0) is 30.0 Å². The van der Waals surface area contributed by atoms with Gasteiger partial charge in [0.25, 0.3) is 0 Å². The second kappa shape index (κ2) is 9.26. The summed E-state index contributed by atoms with van der Waals surface area (Å²) >= 11 is 0. The standard InChI is InChI=1S/C21H31N5O3/c1-14(2)11-17(22-15(3)27)21-24-23-20-7-8-25(9-10-26(20)21)13-16-5-6-18(28)19(12-16)29-4/h5-6,12,14,17,28H,7-11,13H2,1-4H3,(H,22,27)/t17-/m1/s1. The van der Waals surface area contributed by atoms with Gasteiger partial charge in [0.05, 0.1) is 13.2 Å². The molecule has 1 atom stereocenters. The largest absolute Gasteiger partial charge is 0.504 e. The lowest BCUT2D eigenvalue weighted by molar-refractivity contribution is -0.119. The van der Waals surface area contributed by atoms with E-state index in [0.717, 1.165) is 56.2 Å². The number of hydrogen-bond acceptors (Lipinski definition) is 6. The second-order valence-corrected chi connectivity index (χ2v) is 8.04. The predicted octanol–water partition coefficient (Wildman–Crippen LogP) is 2.27. The topological polar surface area (TPSA) is 92.5 Å². The van der Waals surface area contributed by atoms with Crippen LogP contribution in [0, 0.1) is 5.92 Å². The van der Waals surface area contributed by atoms with Crippen molar-refractivity contribution in [3.05, 3.63) is 35.4 Å². The number of aromatic hydroxyl groups is 1. The van der Waals surface area contributed by atoms with E-state index in [1.807, 2.05) is 12.1 Å². The third-order valence-corrected chi connectivity index (χ3v) is 5.19. The molecule has 0 aliphatic carbocycles. The van der Waals surface area contributed by atoms with Crippen LogP contribution < -0.4 is 10.1 Å². The number of amides is 1. The molecule has 8 heteroatoms. The number of ether oxygens (including phenoxy) is 1. The van der Waals surface area contributed by atoms with Gasteiger partial charge in [0.15, 0.2) is 17.3 Å². The minimum Gasteiger partial charge on any atom is -0.504 e. The zero-order chi connectivity index (χ0) is 21.0. The molecular formula is C21H31N5O3. The van der Waals surface area contributed by atoms with E-state index in [9.17, 15) is 9.90 Å². The van der Waals surface area contributed by atoms with E-state index in [1.165, 1.54) is 0 Å². The Balaban J connectivity index is 1.72. The minimum atomic E-state index is -0.123. The summed E-state index contributed by atoms with van der Waals surface area (Å²) in [7, 11) is 1.56. The number of nitrogens with one attached hydrogen (secondary N) is 1. The number of methoxy groups -OCH3 is 1. The molecule has 0 unspecified atom stereocenters. The number of fused-ring (bicyclic) bond motifs is 1.